The van der Waals surface area contributed by atoms with Crippen LogP contribution in [0.2, 0.25) is 0 Å². The van der Waals surface area contributed by atoms with Crippen LogP contribution in [0, 0.1) is 0 Å². The van der Waals surface area contributed by atoms with Crippen LogP contribution in [0.3, 0.4) is 0 Å². The van der Waals surface area contributed by atoms with E-state index >= 15 is 0 Å². The van der Waals surface area contributed by atoms with Crippen molar-refractivity contribution in [2.45, 2.75) is 25.6 Å². The highest BCUT2D eigenvalue weighted by atomic mass is 16.5. The predicted octanol–water partition coefficient (Wildman–Crippen LogP) is 1.36. The molecule has 1 N–H and O–H groups in total. The smallest absolute Gasteiger partial charge is 0.256 e. The molecule has 2 rings (SSSR count). The topological polar surface area (TPSA) is 49.8 Å². The Balaban J connectivity index is 2.07. The quantitative estimate of drug-likeness (QED) is 0.861. The maximum atomic E-state index is 12.2. The molecular weight excluding hydrogens is 230 g/mol. The van der Waals surface area contributed by atoms with Crippen LogP contribution in [0.25, 0.3) is 0 Å². The van der Waals surface area contributed by atoms with Gasteiger partial charge in [0.2, 0.25) is 0 Å². The maximum Gasteiger partial charge on any atom is 0.256 e. The molecule has 1 saturated heterocycles. The van der Waals surface area contributed by atoms with E-state index in [0.717, 1.165) is 0 Å². The number of hydrogen-bond donors (Lipinski definition) is 1. The first kappa shape index (κ1) is 13.1. The maximum absolute atomic E-state index is 12.2. The van der Waals surface area contributed by atoms with Crippen molar-refractivity contribution in [2.75, 3.05) is 19.7 Å². The van der Waals surface area contributed by atoms with Crippen molar-refractivity contribution >= 4 is 5.91 Å². The first-order valence-corrected chi connectivity index (χ1v) is 6.15. The van der Waals surface area contributed by atoms with E-state index in [2.05, 4.69) is 0 Å². The standard InChI is InChI=1S/C14H19NO3/c1-14(2)10-15(8-9-18-14)13(17)12(16)11-6-4-3-5-7-11/h3-7,12,16H,8-10H2,1-2H3. The minimum Gasteiger partial charge on any atom is -0.378 e. The van der Waals surface area contributed by atoms with E-state index in [1.807, 2.05) is 32.0 Å². The number of hydrogen-bond acceptors (Lipinski definition) is 3. The summed E-state index contributed by atoms with van der Waals surface area (Å²) in [7, 11) is 0. The van der Waals surface area contributed by atoms with E-state index in [0.29, 0.717) is 25.3 Å². The van der Waals surface area contributed by atoms with Crippen molar-refractivity contribution in [3.8, 4) is 0 Å². The molecule has 1 aliphatic rings. The first-order valence-electron chi connectivity index (χ1n) is 6.15. The summed E-state index contributed by atoms with van der Waals surface area (Å²) < 4.78 is 5.56. The van der Waals surface area contributed by atoms with E-state index in [9.17, 15) is 9.90 Å². The third-order valence-corrected chi connectivity index (χ3v) is 3.09. The molecule has 0 bridgehead atoms. The molecule has 1 heterocycles. The Bertz CT molecular complexity index is 416. The number of benzene rings is 1. The van der Waals surface area contributed by atoms with Gasteiger partial charge >= 0.3 is 0 Å². The van der Waals surface area contributed by atoms with E-state index < -0.39 is 6.10 Å². The summed E-state index contributed by atoms with van der Waals surface area (Å²) in [4.78, 5) is 13.9. The second kappa shape index (κ2) is 5.08. The Morgan fingerprint density at radius 1 is 1.39 bits per heavy atom. The molecule has 0 aliphatic carbocycles. The number of carbonyl (C=O) groups excluding carboxylic acids is 1. The number of ether oxygens (including phenoxy) is 1. The molecule has 1 aromatic rings. The van der Waals surface area contributed by atoms with Crippen LogP contribution >= 0.6 is 0 Å². The number of amides is 1. The number of aliphatic hydroxyl groups excluding tert-OH is 1. The second-order valence-corrected chi connectivity index (χ2v) is 5.18. The minimum atomic E-state index is -1.08. The van der Waals surface area contributed by atoms with Gasteiger partial charge in [0.05, 0.1) is 12.2 Å². The molecule has 1 atom stereocenters. The Morgan fingerprint density at radius 3 is 2.67 bits per heavy atom. The molecule has 0 spiro atoms. The van der Waals surface area contributed by atoms with E-state index in [1.165, 1.54) is 0 Å². The summed E-state index contributed by atoms with van der Waals surface area (Å²) in [5, 5.41) is 10.1. The first-order chi connectivity index (χ1) is 8.49. The van der Waals surface area contributed by atoms with Gasteiger partial charge in [0.1, 0.15) is 0 Å². The highest BCUT2D eigenvalue weighted by molar-refractivity contribution is 5.82. The van der Waals surface area contributed by atoms with Crippen LogP contribution in [-0.4, -0.2) is 41.2 Å². The number of nitrogens with zero attached hydrogens (tertiary/aromatic N) is 1. The molecule has 1 aliphatic heterocycles. The molecule has 1 amide bonds. The summed E-state index contributed by atoms with van der Waals surface area (Å²) in [5.41, 5.74) is 0.288. The number of morpholine rings is 1. The lowest BCUT2D eigenvalue weighted by Gasteiger charge is -2.38. The zero-order valence-electron chi connectivity index (χ0n) is 10.8. The summed E-state index contributed by atoms with van der Waals surface area (Å²) in [6, 6.07) is 9.00. The third-order valence-electron chi connectivity index (χ3n) is 3.09. The molecule has 1 fully saturated rings. The normalized spacial score (nSPS) is 20.5. The van der Waals surface area contributed by atoms with E-state index in [-0.39, 0.29) is 11.5 Å². The molecule has 4 heteroatoms. The Kier molecular flexibility index (Phi) is 3.68. The molecule has 98 valence electrons. The summed E-state index contributed by atoms with van der Waals surface area (Å²) >= 11 is 0. The van der Waals surface area contributed by atoms with Crippen molar-refractivity contribution in [2.24, 2.45) is 0 Å². The lowest BCUT2D eigenvalue weighted by Crippen LogP contribution is -2.51. The van der Waals surface area contributed by atoms with Gasteiger partial charge in [0.15, 0.2) is 6.10 Å². The fourth-order valence-electron chi connectivity index (χ4n) is 2.16. The molecule has 0 saturated carbocycles. The van der Waals surface area contributed by atoms with Gasteiger partial charge in [0, 0.05) is 13.1 Å². The average Bonchev–Trinajstić information content (AvgIpc) is 2.37. The minimum absolute atomic E-state index is 0.252. The van der Waals surface area contributed by atoms with E-state index in [1.54, 1.807) is 17.0 Å². The summed E-state index contributed by atoms with van der Waals surface area (Å²) in [5.74, 6) is -0.252. The SMILES string of the molecule is CC1(C)CN(C(=O)C(O)c2ccccc2)CCO1. The van der Waals surface area contributed by atoms with E-state index in [4.69, 9.17) is 4.74 Å². The summed E-state index contributed by atoms with van der Waals surface area (Å²) in [6.45, 7) is 5.45. The highest BCUT2D eigenvalue weighted by Crippen LogP contribution is 2.21. The van der Waals surface area contributed by atoms with Crippen molar-refractivity contribution in [3.05, 3.63) is 35.9 Å². The lowest BCUT2D eigenvalue weighted by molar-refractivity contribution is -0.154. The number of carbonyl (C=O) groups is 1. The molecule has 0 aromatic heterocycles. The summed E-state index contributed by atoms with van der Waals surface area (Å²) in [6.07, 6.45) is -1.08. The van der Waals surface area contributed by atoms with Crippen LogP contribution in [0.15, 0.2) is 30.3 Å². The Morgan fingerprint density at radius 2 is 2.06 bits per heavy atom. The Labute approximate surface area is 107 Å². The van der Waals surface area contributed by atoms with Gasteiger partial charge in [-0.25, -0.2) is 0 Å². The van der Waals surface area contributed by atoms with Gasteiger partial charge in [-0.15, -0.1) is 0 Å². The monoisotopic (exact) mass is 249 g/mol. The zero-order chi connectivity index (χ0) is 13.2. The average molecular weight is 249 g/mol. The molecule has 18 heavy (non-hydrogen) atoms. The Hall–Kier alpha value is -1.39. The molecule has 1 aromatic carbocycles. The zero-order valence-corrected chi connectivity index (χ0v) is 10.8. The van der Waals surface area contributed by atoms with Crippen LogP contribution < -0.4 is 0 Å². The van der Waals surface area contributed by atoms with Gasteiger partial charge in [-0.3, -0.25) is 4.79 Å². The van der Waals surface area contributed by atoms with Crippen molar-refractivity contribution in [3.63, 3.8) is 0 Å². The van der Waals surface area contributed by atoms with Crippen LogP contribution in [0.1, 0.15) is 25.5 Å². The van der Waals surface area contributed by atoms with Crippen LogP contribution in [-0.2, 0) is 9.53 Å². The second-order valence-electron chi connectivity index (χ2n) is 5.18. The fourth-order valence-corrected chi connectivity index (χ4v) is 2.16. The van der Waals surface area contributed by atoms with Gasteiger partial charge in [0.25, 0.3) is 5.91 Å². The molecular formula is C14H19NO3. The van der Waals surface area contributed by atoms with Crippen LogP contribution in [0.5, 0.6) is 0 Å². The van der Waals surface area contributed by atoms with Gasteiger partial charge in [-0.1, -0.05) is 30.3 Å². The molecule has 4 nitrogen and oxygen atoms in total. The largest absolute Gasteiger partial charge is 0.378 e. The van der Waals surface area contributed by atoms with Gasteiger partial charge in [-0.2, -0.15) is 0 Å². The predicted molar refractivity (Wildman–Crippen MR) is 68.0 cm³/mol. The molecule has 1 unspecified atom stereocenters. The van der Waals surface area contributed by atoms with Crippen LogP contribution in [0.4, 0.5) is 0 Å². The fraction of sp³-hybridized carbons (Fsp3) is 0.500. The lowest BCUT2D eigenvalue weighted by atomic mass is 10.0. The van der Waals surface area contributed by atoms with Crippen molar-refractivity contribution in [1.29, 1.82) is 0 Å². The van der Waals surface area contributed by atoms with Crippen molar-refractivity contribution < 1.29 is 14.6 Å². The number of rotatable bonds is 2. The number of aliphatic hydroxyl groups is 1. The highest BCUT2D eigenvalue weighted by Gasteiger charge is 2.32. The molecule has 0 radical (unpaired) electrons. The van der Waals surface area contributed by atoms with Gasteiger partial charge < -0.3 is 14.7 Å². The van der Waals surface area contributed by atoms with Gasteiger partial charge in [-0.05, 0) is 19.4 Å². The third kappa shape index (κ3) is 2.89. The van der Waals surface area contributed by atoms with Crippen molar-refractivity contribution in [1.82, 2.24) is 4.90 Å².